The maximum Gasteiger partial charge on any atom is 0.169 e. The van der Waals surface area contributed by atoms with Crippen molar-refractivity contribution in [3.05, 3.63) is 22.6 Å². The summed E-state index contributed by atoms with van der Waals surface area (Å²) < 4.78 is 6.44. The van der Waals surface area contributed by atoms with Gasteiger partial charge < -0.3 is 9.73 Å². The Balaban J connectivity index is 2.55. The van der Waals surface area contributed by atoms with Crippen molar-refractivity contribution >= 4 is 15.9 Å². The molecule has 1 N–H and O–H groups in total. The summed E-state index contributed by atoms with van der Waals surface area (Å²) in [7, 11) is 0. The molecule has 3 heteroatoms. The first-order valence-electron chi connectivity index (χ1n) is 6.12. The van der Waals surface area contributed by atoms with Gasteiger partial charge in [-0.3, -0.25) is 0 Å². The molecule has 0 aliphatic heterocycles. The first-order valence-corrected chi connectivity index (χ1v) is 6.91. The van der Waals surface area contributed by atoms with Crippen LogP contribution in [0.4, 0.5) is 0 Å². The van der Waals surface area contributed by atoms with Crippen molar-refractivity contribution in [1.29, 1.82) is 0 Å². The van der Waals surface area contributed by atoms with Gasteiger partial charge >= 0.3 is 0 Å². The molecule has 0 saturated heterocycles. The predicted molar refractivity (Wildman–Crippen MR) is 71.5 cm³/mol. The lowest BCUT2D eigenvalue weighted by atomic mass is 10.0. The third-order valence-corrected chi connectivity index (χ3v) is 3.04. The lowest BCUT2D eigenvalue weighted by Gasteiger charge is -2.17. The molecular formula is C13H22BrNO. The van der Waals surface area contributed by atoms with Gasteiger partial charge in [0.05, 0.1) is 6.04 Å². The Labute approximate surface area is 107 Å². The van der Waals surface area contributed by atoms with Crippen molar-refractivity contribution in [2.45, 2.75) is 46.1 Å². The van der Waals surface area contributed by atoms with Crippen LogP contribution in [0.5, 0.6) is 0 Å². The van der Waals surface area contributed by atoms with Crippen molar-refractivity contribution in [3.63, 3.8) is 0 Å². The van der Waals surface area contributed by atoms with Gasteiger partial charge in [0, 0.05) is 0 Å². The van der Waals surface area contributed by atoms with E-state index in [1.165, 1.54) is 6.42 Å². The average molecular weight is 288 g/mol. The molecule has 0 aliphatic rings. The van der Waals surface area contributed by atoms with E-state index >= 15 is 0 Å². The van der Waals surface area contributed by atoms with E-state index in [0.29, 0.717) is 6.04 Å². The van der Waals surface area contributed by atoms with Gasteiger partial charge in [-0.15, -0.1) is 0 Å². The molecular weight excluding hydrogens is 266 g/mol. The second kappa shape index (κ2) is 7.13. The van der Waals surface area contributed by atoms with Crippen LogP contribution in [0.3, 0.4) is 0 Å². The molecule has 0 spiro atoms. The smallest absolute Gasteiger partial charge is 0.169 e. The van der Waals surface area contributed by atoms with Crippen LogP contribution in [0.15, 0.2) is 21.2 Å². The fraction of sp³-hybridized carbons (Fsp3) is 0.692. The van der Waals surface area contributed by atoms with Gasteiger partial charge in [-0.25, -0.2) is 0 Å². The standard InChI is InChI=1S/C13H22BrNO/c1-4-9-15-11(6-5-10(2)3)12-7-8-13(14)16-12/h7-8,10-11,15H,4-6,9H2,1-3H3. The number of furan rings is 1. The first-order chi connectivity index (χ1) is 7.63. The molecule has 1 unspecified atom stereocenters. The molecule has 0 aromatic carbocycles. The molecule has 0 fully saturated rings. The van der Waals surface area contributed by atoms with Crippen LogP contribution in [0.2, 0.25) is 0 Å². The largest absolute Gasteiger partial charge is 0.453 e. The Morgan fingerprint density at radius 2 is 2.06 bits per heavy atom. The number of hydrogen-bond donors (Lipinski definition) is 1. The summed E-state index contributed by atoms with van der Waals surface area (Å²) in [5.74, 6) is 1.78. The van der Waals surface area contributed by atoms with Gasteiger partial charge in [0.1, 0.15) is 5.76 Å². The van der Waals surface area contributed by atoms with Crippen molar-refractivity contribution < 1.29 is 4.42 Å². The molecule has 1 heterocycles. The molecule has 1 aromatic heterocycles. The highest BCUT2D eigenvalue weighted by atomic mass is 79.9. The first kappa shape index (κ1) is 13.8. The van der Waals surface area contributed by atoms with Crippen LogP contribution in [-0.4, -0.2) is 6.54 Å². The summed E-state index contributed by atoms with van der Waals surface area (Å²) in [4.78, 5) is 0. The maximum absolute atomic E-state index is 5.63. The number of rotatable bonds is 7. The molecule has 0 aliphatic carbocycles. The molecule has 2 nitrogen and oxygen atoms in total. The fourth-order valence-corrected chi connectivity index (χ4v) is 2.00. The van der Waals surface area contributed by atoms with Gasteiger partial charge in [0.2, 0.25) is 0 Å². The van der Waals surface area contributed by atoms with Crippen LogP contribution < -0.4 is 5.32 Å². The third-order valence-electron chi connectivity index (χ3n) is 2.61. The van der Waals surface area contributed by atoms with Gasteiger partial charge in [0.15, 0.2) is 4.67 Å². The van der Waals surface area contributed by atoms with Crippen LogP contribution in [0, 0.1) is 5.92 Å². The van der Waals surface area contributed by atoms with Crippen molar-refractivity contribution in [1.82, 2.24) is 5.32 Å². The van der Waals surface area contributed by atoms with E-state index < -0.39 is 0 Å². The van der Waals surface area contributed by atoms with E-state index in [4.69, 9.17) is 4.42 Å². The minimum atomic E-state index is 0.355. The summed E-state index contributed by atoms with van der Waals surface area (Å²) in [6.07, 6.45) is 3.51. The SMILES string of the molecule is CCCNC(CCC(C)C)c1ccc(Br)o1. The van der Waals surface area contributed by atoms with Crippen molar-refractivity contribution in [2.24, 2.45) is 5.92 Å². The lowest BCUT2D eigenvalue weighted by molar-refractivity contribution is 0.365. The molecule has 1 atom stereocenters. The Morgan fingerprint density at radius 1 is 1.31 bits per heavy atom. The van der Waals surface area contributed by atoms with Crippen LogP contribution >= 0.6 is 15.9 Å². The summed E-state index contributed by atoms with van der Waals surface area (Å²) in [6.45, 7) is 7.75. The summed E-state index contributed by atoms with van der Waals surface area (Å²) in [5, 5.41) is 3.54. The number of hydrogen-bond acceptors (Lipinski definition) is 2. The zero-order chi connectivity index (χ0) is 12.0. The topological polar surface area (TPSA) is 25.2 Å². The summed E-state index contributed by atoms with van der Waals surface area (Å²) >= 11 is 3.35. The van der Waals surface area contributed by atoms with E-state index in [1.807, 2.05) is 6.07 Å². The second-order valence-corrected chi connectivity index (χ2v) is 5.40. The Bertz CT molecular complexity index is 296. The Hall–Kier alpha value is -0.280. The quantitative estimate of drug-likeness (QED) is 0.798. The van der Waals surface area contributed by atoms with Crippen LogP contribution in [0.25, 0.3) is 0 Å². The van der Waals surface area contributed by atoms with Gasteiger partial charge in [-0.05, 0) is 59.8 Å². The van der Waals surface area contributed by atoms with Gasteiger partial charge in [-0.1, -0.05) is 20.8 Å². The van der Waals surface area contributed by atoms with Crippen LogP contribution in [-0.2, 0) is 0 Å². The molecule has 0 saturated carbocycles. The van der Waals surface area contributed by atoms with E-state index in [2.05, 4.69) is 48.1 Å². The predicted octanol–water partition coefficient (Wildman–Crippen LogP) is 4.52. The average Bonchev–Trinajstić information content (AvgIpc) is 2.64. The van der Waals surface area contributed by atoms with Gasteiger partial charge in [0.25, 0.3) is 0 Å². The van der Waals surface area contributed by atoms with E-state index in [9.17, 15) is 0 Å². The second-order valence-electron chi connectivity index (χ2n) is 4.62. The third kappa shape index (κ3) is 4.71. The molecule has 16 heavy (non-hydrogen) atoms. The van der Waals surface area contributed by atoms with E-state index in [1.54, 1.807) is 0 Å². The van der Waals surface area contributed by atoms with Crippen molar-refractivity contribution in [2.75, 3.05) is 6.54 Å². The molecule has 0 bridgehead atoms. The number of nitrogens with one attached hydrogen (secondary N) is 1. The molecule has 0 amide bonds. The highest BCUT2D eigenvalue weighted by molar-refractivity contribution is 9.10. The molecule has 0 radical (unpaired) electrons. The normalized spacial score (nSPS) is 13.3. The molecule has 1 aromatic rings. The molecule has 1 rings (SSSR count). The van der Waals surface area contributed by atoms with Gasteiger partial charge in [-0.2, -0.15) is 0 Å². The van der Waals surface area contributed by atoms with E-state index in [0.717, 1.165) is 35.7 Å². The zero-order valence-corrected chi connectivity index (χ0v) is 12.0. The minimum Gasteiger partial charge on any atom is -0.453 e. The summed E-state index contributed by atoms with van der Waals surface area (Å²) in [5.41, 5.74) is 0. The van der Waals surface area contributed by atoms with E-state index in [-0.39, 0.29) is 0 Å². The minimum absolute atomic E-state index is 0.355. The maximum atomic E-state index is 5.63. The monoisotopic (exact) mass is 287 g/mol. The van der Waals surface area contributed by atoms with Crippen LogP contribution in [0.1, 0.15) is 51.8 Å². The Kier molecular flexibility index (Phi) is 6.14. The summed E-state index contributed by atoms with van der Waals surface area (Å²) in [6, 6.07) is 4.37. The Morgan fingerprint density at radius 3 is 2.56 bits per heavy atom. The van der Waals surface area contributed by atoms with Crippen molar-refractivity contribution in [3.8, 4) is 0 Å². The highest BCUT2D eigenvalue weighted by Gasteiger charge is 2.14. The lowest BCUT2D eigenvalue weighted by Crippen LogP contribution is -2.22. The zero-order valence-electron chi connectivity index (χ0n) is 10.4. The highest BCUT2D eigenvalue weighted by Crippen LogP contribution is 2.25. The fourth-order valence-electron chi connectivity index (χ4n) is 1.68. The molecule has 92 valence electrons. The number of halogens is 1.